The lowest BCUT2D eigenvalue weighted by Crippen LogP contribution is -2.26. The van der Waals surface area contributed by atoms with Gasteiger partial charge in [0, 0.05) is 29.7 Å². The van der Waals surface area contributed by atoms with Crippen LogP contribution in [0, 0.1) is 18.3 Å². The monoisotopic (exact) mass is 341 g/mol. The van der Waals surface area contributed by atoms with E-state index in [1.54, 1.807) is 12.1 Å². The van der Waals surface area contributed by atoms with Gasteiger partial charge in [0.2, 0.25) is 5.95 Å². The van der Waals surface area contributed by atoms with E-state index in [1.807, 2.05) is 25.1 Å². The topological polar surface area (TPSA) is 64.8 Å². The van der Waals surface area contributed by atoms with E-state index in [4.69, 9.17) is 10.2 Å². The summed E-state index contributed by atoms with van der Waals surface area (Å²) in [6.45, 7) is 2.89. The van der Waals surface area contributed by atoms with Crippen molar-refractivity contribution in [3.05, 3.63) is 71.4 Å². The number of benzene rings is 2. The van der Waals surface area contributed by atoms with E-state index in [0.29, 0.717) is 11.5 Å². The van der Waals surface area contributed by atoms with Crippen molar-refractivity contribution in [2.45, 2.75) is 19.8 Å². The van der Waals surface area contributed by atoms with Gasteiger partial charge in [-0.15, -0.1) is 0 Å². The molecule has 5 heteroatoms. The van der Waals surface area contributed by atoms with Gasteiger partial charge < -0.3 is 10.2 Å². The van der Waals surface area contributed by atoms with Gasteiger partial charge in [0.05, 0.1) is 11.6 Å². The highest BCUT2D eigenvalue weighted by Crippen LogP contribution is 2.32. The summed E-state index contributed by atoms with van der Waals surface area (Å²) in [5, 5.41) is 12.2. The lowest BCUT2D eigenvalue weighted by atomic mass is 10.0. The van der Waals surface area contributed by atoms with Crippen LogP contribution in [0.4, 0.5) is 23.1 Å². The van der Waals surface area contributed by atoms with Crippen molar-refractivity contribution in [1.29, 1.82) is 5.26 Å². The summed E-state index contributed by atoms with van der Waals surface area (Å²) in [5.41, 5.74) is 4.97. The molecule has 0 atom stereocenters. The molecular formula is C21H19N5. The Morgan fingerprint density at radius 3 is 2.69 bits per heavy atom. The molecule has 0 saturated carbocycles. The number of nitrogens with zero attached hydrogens (tertiary/aromatic N) is 4. The van der Waals surface area contributed by atoms with Crippen molar-refractivity contribution < 1.29 is 0 Å². The quantitative estimate of drug-likeness (QED) is 0.760. The third kappa shape index (κ3) is 3.22. The van der Waals surface area contributed by atoms with Crippen LogP contribution >= 0.6 is 0 Å². The highest BCUT2D eigenvalue weighted by atomic mass is 15.3. The molecule has 26 heavy (non-hydrogen) atoms. The number of fused-ring (bicyclic) bond motifs is 1. The number of para-hydroxylation sites is 1. The van der Waals surface area contributed by atoms with Gasteiger partial charge >= 0.3 is 0 Å². The standard InChI is InChI=1S/C21H19N5/c1-15-13-20(24-18-10-8-16(14-22)9-11-18)25-21(23-15)26-12-4-6-17-5-2-3-7-19(17)26/h2-3,5,7-11,13H,4,6,12H2,1H3,(H,23,24,25). The Balaban J connectivity index is 1.66. The number of hydrogen-bond donors (Lipinski definition) is 1. The fraction of sp³-hybridized carbons (Fsp3) is 0.190. The van der Waals surface area contributed by atoms with Gasteiger partial charge in [0.25, 0.3) is 0 Å². The molecule has 0 radical (unpaired) electrons. The molecule has 3 aromatic rings. The van der Waals surface area contributed by atoms with Crippen LogP contribution in [0.25, 0.3) is 0 Å². The molecule has 0 amide bonds. The SMILES string of the molecule is Cc1cc(Nc2ccc(C#N)cc2)nc(N2CCCc3ccccc32)n1. The van der Waals surface area contributed by atoms with Crippen LogP contribution < -0.4 is 10.2 Å². The van der Waals surface area contributed by atoms with Gasteiger partial charge in [-0.05, 0) is 55.7 Å². The zero-order valence-electron chi connectivity index (χ0n) is 14.6. The third-order valence-electron chi connectivity index (χ3n) is 4.48. The molecule has 1 N–H and O–H groups in total. The van der Waals surface area contributed by atoms with E-state index in [1.165, 1.54) is 11.3 Å². The van der Waals surface area contributed by atoms with Crippen LogP contribution in [0.15, 0.2) is 54.6 Å². The fourth-order valence-electron chi connectivity index (χ4n) is 3.25. The first-order chi connectivity index (χ1) is 12.7. The van der Waals surface area contributed by atoms with Crippen molar-refractivity contribution in [3.63, 3.8) is 0 Å². The van der Waals surface area contributed by atoms with Gasteiger partial charge in [-0.25, -0.2) is 4.98 Å². The van der Waals surface area contributed by atoms with E-state index in [0.717, 1.165) is 36.6 Å². The summed E-state index contributed by atoms with van der Waals surface area (Å²) in [6, 6.07) is 19.8. The molecule has 1 aliphatic rings. The molecule has 5 nitrogen and oxygen atoms in total. The predicted molar refractivity (Wildman–Crippen MR) is 103 cm³/mol. The van der Waals surface area contributed by atoms with Crippen LogP contribution in [-0.4, -0.2) is 16.5 Å². The van der Waals surface area contributed by atoms with Crippen LogP contribution in [0.1, 0.15) is 23.2 Å². The van der Waals surface area contributed by atoms with Crippen molar-refractivity contribution >= 4 is 23.1 Å². The van der Waals surface area contributed by atoms with Crippen molar-refractivity contribution in [3.8, 4) is 6.07 Å². The minimum atomic E-state index is 0.639. The van der Waals surface area contributed by atoms with Gasteiger partial charge in [0.1, 0.15) is 5.82 Å². The molecule has 4 rings (SSSR count). The minimum Gasteiger partial charge on any atom is -0.340 e. The van der Waals surface area contributed by atoms with Gasteiger partial charge in [-0.3, -0.25) is 0 Å². The summed E-state index contributed by atoms with van der Waals surface area (Å²) >= 11 is 0. The van der Waals surface area contributed by atoms with E-state index in [9.17, 15) is 0 Å². The zero-order valence-corrected chi connectivity index (χ0v) is 14.6. The summed E-state index contributed by atoms with van der Waals surface area (Å²) in [5.74, 6) is 1.47. The first-order valence-corrected chi connectivity index (χ1v) is 8.71. The number of aromatic nitrogens is 2. The van der Waals surface area contributed by atoms with Crippen LogP contribution in [0.3, 0.4) is 0 Å². The molecule has 0 unspecified atom stereocenters. The van der Waals surface area contributed by atoms with Gasteiger partial charge in [-0.1, -0.05) is 18.2 Å². The molecule has 128 valence electrons. The number of anilines is 4. The second-order valence-electron chi connectivity index (χ2n) is 6.39. The number of nitriles is 1. The molecule has 1 aliphatic heterocycles. The first kappa shape index (κ1) is 16.1. The zero-order chi connectivity index (χ0) is 17.9. The molecule has 0 spiro atoms. The highest BCUT2D eigenvalue weighted by Gasteiger charge is 2.20. The summed E-state index contributed by atoms with van der Waals surface area (Å²) in [7, 11) is 0. The lowest BCUT2D eigenvalue weighted by Gasteiger charge is -2.29. The maximum atomic E-state index is 8.92. The molecule has 0 bridgehead atoms. The van der Waals surface area contributed by atoms with Gasteiger partial charge in [0.15, 0.2) is 0 Å². The largest absolute Gasteiger partial charge is 0.340 e. The maximum absolute atomic E-state index is 8.92. The second-order valence-corrected chi connectivity index (χ2v) is 6.39. The second kappa shape index (κ2) is 6.85. The molecular weight excluding hydrogens is 322 g/mol. The Morgan fingerprint density at radius 1 is 1.08 bits per heavy atom. The average molecular weight is 341 g/mol. The molecule has 0 saturated heterocycles. The predicted octanol–water partition coefficient (Wildman–Crippen LogP) is 4.48. The smallest absolute Gasteiger partial charge is 0.232 e. The Bertz CT molecular complexity index is 972. The first-order valence-electron chi connectivity index (χ1n) is 8.71. The van der Waals surface area contributed by atoms with E-state index in [2.05, 4.69) is 45.5 Å². The van der Waals surface area contributed by atoms with Crippen molar-refractivity contribution in [2.24, 2.45) is 0 Å². The third-order valence-corrected chi connectivity index (χ3v) is 4.48. The normalized spacial score (nSPS) is 13.0. The number of nitrogens with one attached hydrogen (secondary N) is 1. The van der Waals surface area contributed by atoms with Crippen molar-refractivity contribution in [2.75, 3.05) is 16.8 Å². The molecule has 0 aliphatic carbocycles. The molecule has 0 fully saturated rings. The summed E-state index contributed by atoms with van der Waals surface area (Å²) < 4.78 is 0. The van der Waals surface area contributed by atoms with Crippen LogP contribution in [0.2, 0.25) is 0 Å². The van der Waals surface area contributed by atoms with Crippen LogP contribution in [0.5, 0.6) is 0 Å². The highest BCUT2D eigenvalue weighted by molar-refractivity contribution is 5.65. The van der Waals surface area contributed by atoms with E-state index < -0.39 is 0 Å². The summed E-state index contributed by atoms with van der Waals surface area (Å²) in [6.07, 6.45) is 2.18. The Labute approximate surface area is 153 Å². The minimum absolute atomic E-state index is 0.639. The molecule has 1 aromatic heterocycles. The molecule has 2 heterocycles. The number of aryl methyl sites for hydroxylation is 2. The number of hydrogen-bond acceptors (Lipinski definition) is 5. The van der Waals surface area contributed by atoms with Crippen LogP contribution in [-0.2, 0) is 6.42 Å². The van der Waals surface area contributed by atoms with E-state index >= 15 is 0 Å². The van der Waals surface area contributed by atoms with E-state index in [-0.39, 0.29) is 0 Å². The lowest BCUT2D eigenvalue weighted by molar-refractivity contribution is 0.749. The Hall–Kier alpha value is -3.39. The fourth-order valence-corrected chi connectivity index (χ4v) is 3.25. The average Bonchev–Trinajstić information content (AvgIpc) is 2.67. The number of rotatable bonds is 3. The Morgan fingerprint density at radius 2 is 1.88 bits per heavy atom. The molecule has 2 aromatic carbocycles. The van der Waals surface area contributed by atoms with Gasteiger partial charge in [-0.2, -0.15) is 10.2 Å². The summed E-state index contributed by atoms with van der Waals surface area (Å²) in [4.78, 5) is 11.6. The maximum Gasteiger partial charge on any atom is 0.232 e. The Kier molecular flexibility index (Phi) is 4.24. The van der Waals surface area contributed by atoms with Crippen molar-refractivity contribution in [1.82, 2.24) is 9.97 Å².